The normalized spacial score (nSPS) is 12.3. The van der Waals surface area contributed by atoms with Gasteiger partial charge in [-0.3, -0.25) is 0 Å². The van der Waals surface area contributed by atoms with E-state index in [1.54, 1.807) is 0 Å². The third-order valence-electron chi connectivity index (χ3n) is 2.17. The summed E-state index contributed by atoms with van der Waals surface area (Å²) in [4.78, 5) is 2.32. The van der Waals surface area contributed by atoms with Gasteiger partial charge in [0.05, 0.1) is 6.26 Å². The van der Waals surface area contributed by atoms with Crippen molar-refractivity contribution in [3.05, 3.63) is 0 Å². The van der Waals surface area contributed by atoms with Crippen LogP contribution in [-0.4, -0.2) is 58.8 Å². The fourth-order valence-corrected chi connectivity index (χ4v) is 1.70. The second-order valence-corrected chi connectivity index (χ2v) is 5.28. The fourth-order valence-electron chi connectivity index (χ4n) is 1.23. The minimum Gasteiger partial charge on any atom is -0.314 e. The molecule has 0 radical (unpaired) electrons. The van der Waals surface area contributed by atoms with E-state index in [4.69, 9.17) is 0 Å². The summed E-state index contributed by atoms with van der Waals surface area (Å²) in [5, 5.41) is 3.19. The number of rotatable bonds is 9. The summed E-state index contributed by atoms with van der Waals surface area (Å²) >= 11 is 0. The first-order valence-electron chi connectivity index (χ1n) is 5.37. The summed E-state index contributed by atoms with van der Waals surface area (Å²) in [5.41, 5.74) is 0. The number of nitrogens with one attached hydrogen (secondary N) is 2. The molecule has 0 aliphatic carbocycles. The summed E-state index contributed by atoms with van der Waals surface area (Å²) in [6, 6.07) is 0. The van der Waals surface area contributed by atoms with Gasteiger partial charge in [-0.1, -0.05) is 13.8 Å². The zero-order chi connectivity index (χ0) is 11.7. The molecule has 0 bridgehead atoms. The molecule has 0 aliphatic rings. The van der Waals surface area contributed by atoms with Crippen LogP contribution >= 0.6 is 0 Å². The van der Waals surface area contributed by atoms with Crippen LogP contribution in [0.15, 0.2) is 0 Å². The molecule has 0 heterocycles. The van der Waals surface area contributed by atoms with Crippen LogP contribution in [0.25, 0.3) is 0 Å². The van der Waals surface area contributed by atoms with Crippen molar-refractivity contribution < 1.29 is 8.42 Å². The van der Waals surface area contributed by atoms with Crippen LogP contribution in [0.3, 0.4) is 0 Å². The molecular formula is C9H23N3O2S. The lowest BCUT2D eigenvalue weighted by atomic mass is 10.4. The van der Waals surface area contributed by atoms with Gasteiger partial charge >= 0.3 is 0 Å². The lowest BCUT2D eigenvalue weighted by Crippen LogP contribution is -2.36. The van der Waals surface area contributed by atoms with E-state index in [2.05, 4.69) is 28.8 Å². The molecule has 0 spiro atoms. The van der Waals surface area contributed by atoms with Gasteiger partial charge in [-0.15, -0.1) is 0 Å². The number of hydrogen-bond acceptors (Lipinski definition) is 4. The molecule has 0 saturated heterocycles. The van der Waals surface area contributed by atoms with E-state index < -0.39 is 10.0 Å². The molecule has 2 N–H and O–H groups in total. The van der Waals surface area contributed by atoms with Crippen LogP contribution in [0.1, 0.15) is 13.8 Å². The second kappa shape index (κ2) is 8.04. The Balaban J connectivity index is 3.32. The van der Waals surface area contributed by atoms with E-state index in [1.807, 2.05) is 0 Å². The van der Waals surface area contributed by atoms with E-state index in [0.717, 1.165) is 26.2 Å². The fraction of sp³-hybridized carbons (Fsp3) is 1.00. The van der Waals surface area contributed by atoms with Crippen molar-refractivity contribution in [2.45, 2.75) is 13.8 Å². The SMILES string of the molecule is CCN(CC)CCNCCNS(C)(=O)=O. The van der Waals surface area contributed by atoms with Gasteiger partial charge in [-0.05, 0) is 13.1 Å². The van der Waals surface area contributed by atoms with Crippen molar-refractivity contribution >= 4 is 10.0 Å². The zero-order valence-corrected chi connectivity index (χ0v) is 10.7. The molecule has 0 saturated carbocycles. The largest absolute Gasteiger partial charge is 0.314 e. The van der Waals surface area contributed by atoms with Gasteiger partial charge in [0.2, 0.25) is 10.0 Å². The van der Waals surface area contributed by atoms with E-state index in [-0.39, 0.29) is 0 Å². The summed E-state index contributed by atoms with van der Waals surface area (Å²) in [6.07, 6.45) is 1.17. The van der Waals surface area contributed by atoms with Crippen molar-refractivity contribution in [1.29, 1.82) is 0 Å². The Morgan fingerprint density at radius 2 is 1.67 bits per heavy atom. The molecule has 0 amide bonds. The third kappa shape index (κ3) is 10.1. The molecule has 15 heavy (non-hydrogen) atoms. The first-order valence-corrected chi connectivity index (χ1v) is 7.26. The minimum atomic E-state index is -3.04. The summed E-state index contributed by atoms with van der Waals surface area (Å²) in [7, 11) is -3.04. The van der Waals surface area contributed by atoms with Crippen molar-refractivity contribution in [3.63, 3.8) is 0 Å². The summed E-state index contributed by atoms with van der Waals surface area (Å²) < 4.78 is 23.9. The van der Waals surface area contributed by atoms with E-state index in [1.165, 1.54) is 6.26 Å². The highest BCUT2D eigenvalue weighted by Crippen LogP contribution is 1.83. The smallest absolute Gasteiger partial charge is 0.208 e. The highest BCUT2D eigenvalue weighted by molar-refractivity contribution is 7.88. The first-order chi connectivity index (χ1) is 6.99. The molecular weight excluding hydrogens is 214 g/mol. The molecule has 6 heteroatoms. The van der Waals surface area contributed by atoms with Crippen LogP contribution in [0, 0.1) is 0 Å². The first kappa shape index (κ1) is 14.8. The molecule has 0 rings (SSSR count). The zero-order valence-electron chi connectivity index (χ0n) is 9.91. The quantitative estimate of drug-likeness (QED) is 0.529. The van der Waals surface area contributed by atoms with E-state index in [0.29, 0.717) is 13.1 Å². The van der Waals surface area contributed by atoms with Crippen LogP contribution in [-0.2, 0) is 10.0 Å². The van der Waals surface area contributed by atoms with Crippen LogP contribution in [0.4, 0.5) is 0 Å². The maximum Gasteiger partial charge on any atom is 0.208 e. The lowest BCUT2D eigenvalue weighted by molar-refractivity contribution is 0.303. The Kier molecular flexibility index (Phi) is 7.95. The van der Waals surface area contributed by atoms with Gasteiger partial charge in [0.25, 0.3) is 0 Å². The second-order valence-electron chi connectivity index (χ2n) is 3.44. The number of sulfonamides is 1. The summed E-state index contributed by atoms with van der Waals surface area (Å²) in [5.74, 6) is 0. The Bertz CT molecular complexity index is 238. The molecule has 92 valence electrons. The molecule has 0 atom stereocenters. The Morgan fingerprint density at radius 3 is 2.13 bits per heavy atom. The average molecular weight is 237 g/mol. The van der Waals surface area contributed by atoms with Gasteiger partial charge in [-0.25, -0.2) is 13.1 Å². The monoisotopic (exact) mass is 237 g/mol. The Labute approximate surface area is 93.3 Å². The molecule has 0 aliphatic heterocycles. The minimum absolute atomic E-state index is 0.455. The number of likely N-dealkylation sites (N-methyl/N-ethyl adjacent to an activating group) is 1. The van der Waals surface area contributed by atoms with Gasteiger partial charge < -0.3 is 10.2 Å². The molecule has 0 aromatic heterocycles. The Hall–Kier alpha value is -0.170. The van der Waals surface area contributed by atoms with E-state index in [9.17, 15) is 8.42 Å². The van der Waals surface area contributed by atoms with Gasteiger partial charge in [0.1, 0.15) is 0 Å². The van der Waals surface area contributed by atoms with Crippen LogP contribution < -0.4 is 10.0 Å². The van der Waals surface area contributed by atoms with Gasteiger partial charge in [-0.2, -0.15) is 0 Å². The number of hydrogen-bond donors (Lipinski definition) is 2. The predicted molar refractivity (Wildman–Crippen MR) is 63.5 cm³/mol. The highest BCUT2D eigenvalue weighted by atomic mass is 32.2. The summed E-state index contributed by atoms with van der Waals surface area (Å²) in [6.45, 7) is 9.41. The maximum atomic E-state index is 10.7. The predicted octanol–water partition coefficient (Wildman–Crippen LogP) is -0.533. The average Bonchev–Trinajstić information content (AvgIpc) is 2.15. The van der Waals surface area contributed by atoms with Crippen LogP contribution in [0.2, 0.25) is 0 Å². The van der Waals surface area contributed by atoms with Crippen molar-refractivity contribution in [1.82, 2.24) is 14.9 Å². The molecule has 0 unspecified atom stereocenters. The van der Waals surface area contributed by atoms with E-state index >= 15 is 0 Å². The lowest BCUT2D eigenvalue weighted by Gasteiger charge is -2.17. The van der Waals surface area contributed by atoms with Gasteiger partial charge in [0.15, 0.2) is 0 Å². The molecule has 5 nitrogen and oxygen atoms in total. The van der Waals surface area contributed by atoms with Crippen molar-refractivity contribution in [2.24, 2.45) is 0 Å². The Morgan fingerprint density at radius 1 is 1.07 bits per heavy atom. The van der Waals surface area contributed by atoms with Crippen LogP contribution in [0.5, 0.6) is 0 Å². The highest BCUT2D eigenvalue weighted by Gasteiger charge is 1.99. The molecule has 0 fully saturated rings. The standard InChI is InChI=1S/C9H23N3O2S/c1-4-12(5-2)9-8-10-6-7-11-15(3,13)14/h10-11H,4-9H2,1-3H3. The molecule has 0 aromatic carbocycles. The molecule has 0 aromatic rings. The number of nitrogens with zero attached hydrogens (tertiary/aromatic N) is 1. The third-order valence-corrected chi connectivity index (χ3v) is 2.89. The van der Waals surface area contributed by atoms with Crippen molar-refractivity contribution in [3.8, 4) is 0 Å². The topological polar surface area (TPSA) is 61.4 Å². The van der Waals surface area contributed by atoms with Gasteiger partial charge in [0, 0.05) is 26.2 Å². The maximum absolute atomic E-state index is 10.7. The van der Waals surface area contributed by atoms with Crippen molar-refractivity contribution in [2.75, 3.05) is 45.5 Å².